The number of rotatable bonds is 11. The van der Waals surface area contributed by atoms with Crippen LogP contribution in [-0.2, 0) is 25.7 Å². The lowest BCUT2D eigenvalue weighted by atomic mass is 9.86. The number of ether oxygens (including phenoxy) is 3. The van der Waals surface area contributed by atoms with Crippen molar-refractivity contribution in [1.82, 2.24) is 5.06 Å². The van der Waals surface area contributed by atoms with Crippen LogP contribution in [0.25, 0.3) is 11.1 Å². The van der Waals surface area contributed by atoms with E-state index in [0.717, 1.165) is 33.7 Å². The summed E-state index contributed by atoms with van der Waals surface area (Å²) in [6, 6.07) is 25.5. The van der Waals surface area contributed by atoms with Crippen LogP contribution < -0.4 is 4.74 Å². The van der Waals surface area contributed by atoms with Crippen LogP contribution in [-0.4, -0.2) is 56.7 Å². The molecule has 39 heavy (non-hydrogen) atoms. The molecular formula is C30H32F3NO5. The maximum Gasteiger partial charge on any atom is 0.492 e. The molecule has 1 saturated heterocycles. The van der Waals surface area contributed by atoms with Gasteiger partial charge in [-0.05, 0) is 29.2 Å². The van der Waals surface area contributed by atoms with Gasteiger partial charge in [-0.3, -0.25) is 0 Å². The molecule has 4 rings (SSSR count). The molecule has 1 fully saturated rings. The van der Waals surface area contributed by atoms with Gasteiger partial charge in [-0.15, -0.1) is 5.06 Å². The Labute approximate surface area is 226 Å². The molecule has 0 aliphatic carbocycles. The van der Waals surface area contributed by atoms with Crippen LogP contribution >= 0.6 is 0 Å². The summed E-state index contributed by atoms with van der Waals surface area (Å²) in [5.41, 5.74) is 3.92. The molecule has 0 bridgehead atoms. The molecule has 9 heteroatoms. The third-order valence-corrected chi connectivity index (χ3v) is 6.56. The van der Waals surface area contributed by atoms with E-state index in [1.165, 1.54) is 0 Å². The molecule has 0 saturated carbocycles. The van der Waals surface area contributed by atoms with E-state index < -0.39 is 18.2 Å². The van der Waals surface area contributed by atoms with Gasteiger partial charge in [-0.2, -0.15) is 13.2 Å². The van der Waals surface area contributed by atoms with Crippen molar-refractivity contribution in [2.45, 2.75) is 37.6 Å². The van der Waals surface area contributed by atoms with Crippen molar-refractivity contribution in [2.75, 3.05) is 33.4 Å². The quantitative estimate of drug-likeness (QED) is 0.270. The zero-order chi connectivity index (χ0) is 27.7. The predicted octanol–water partition coefficient (Wildman–Crippen LogP) is 6.16. The number of alkyl halides is 3. The second-order valence-corrected chi connectivity index (χ2v) is 9.30. The summed E-state index contributed by atoms with van der Waals surface area (Å²) in [7, 11) is 1.63. The van der Waals surface area contributed by atoms with E-state index in [1.54, 1.807) is 7.11 Å². The first-order chi connectivity index (χ1) is 18.8. The van der Waals surface area contributed by atoms with Gasteiger partial charge in [-0.25, -0.2) is 4.79 Å². The molecule has 1 aliphatic rings. The lowest BCUT2D eigenvalue weighted by Crippen LogP contribution is -2.46. The Kier molecular flexibility index (Phi) is 9.97. The highest BCUT2D eigenvalue weighted by Gasteiger charge is 2.44. The molecule has 0 radical (unpaired) electrons. The SMILES string of the molecule is COCCCOc1ccccc1CO[C@H]1CN(OC(=O)C(F)(F)F)CC[C@@H]1c1cccc(-c2ccccc2)c1. The van der Waals surface area contributed by atoms with Crippen LogP contribution in [0.1, 0.15) is 29.9 Å². The van der Waals surface area contributed by atoms with Crippen LogP contribution in [0.5, 0.6) is 5.75 Å². The van der Waals surface area contributed by atoms with Gasteiger partial charge < -0.3 is 19.0 Å². The first kappa shape index (κ1) is 28.6. The highest BCUT2D eigenvalue weighted by Crippen LogP contribution is 2.34. The van der Waals surface area contributed by atoms with Crippen molar-refractivity contribution in [3.05, 3.63) is 90.0 Å². The first-order valence-electron chi connectivity index (χ1n) is 12.9. The molecule has 0 N–H and O–H groups in total. The highest BCUT2D eigenvalue weighted by molar-refractivity contribution is 5.75. The lowest BCUT2D eigenvalue weighted by Gasteiger charge is -2.37. The van der Waals surface area contributed by atoms with E-state index in [2.05, 4.69) is 10.9 Å². The van der Waals surface area contributed by atoms with Gasteiger partial charge in [0.25, 0.3) is 0 Å². The van der Waals surface area contributed by atoms with Crippen LogP contribution in [0.15, 0.2) is 78.9 Å². The Bertz CT molecular complexity index is 1200. The fourth-order valence-corrected chi connectivity index (χ4v) is 4.62. The number of piperidine rings is 1. The topological polar surface area (TPSA) is 57.2 Å². The van der Waals surface area contributed by atoms with E-state index >= 15 is 0 Å². The van der Waals surface area contributed by atoms with Crippen LogP contribution in [0, 0.1) is 0 Å². The maximum absolute atomic E-state index is 12.9. The van der Waals surface area contributed by atoms with E-state index in [1.807, 2.05) is 72.8 Å². The number of para-hydroxylation sites is 1. The van der Waals surface area contributed by atoms with Gasteiger partial charge in [-0.1, -0.05) is 72.8 Å². The Morgan fingerprint density at radius 1 is 0.949 bits per heavy atom. The lowest BCUT2D eigenvalue weighted by molar-refractivity contribution is -0.248. The number of hydrogen-bond donors (Lipinski definition) is 0. The number of benzene rings is 3. The molecule has 3 aromatic carbocycles. The smallest absolute Gasteiger partial charge is 0.492 e. The Morgan fingerprint density at radius 2 is 1.69 bits per heavy atom. The van der Waals surface area contributed by atoms with Crippen LogP contribution in [0.4, 0.5) is 13.2 Å². The number of nitrogens with zero attached hydrogens (tertiary/aromatic N) is 1. The van der Waals surface area contributed by atoms with Crippen molar-refractivity contribution in [3.8, 4) is 16.9 Å². The van der Waals surface area contributed by atoms with E-state index in [-0.39, 0.29) is 25.6 Å². The van der Waals surface area contributed by atoms with Gasteiger partial charge in [0.05, 0.1) is 25.9 Å². The van der Waals surface area contributed by atoms with Gasteiger partial charge >= 0.3 is 12.1 Å². The van der Waals surface area contributed by atoms with E-state index in [4.69, 9.17) is 14.2 Å². The van der Waals surface area contributed by atoms with Gasteiger partial charge in [0.2, 0.25) is 0 Å². The highest BCUT2D eigenvalue weighted by atomic mass is 19.4. The second-order valence-electron chi connectivity index (χ2n) is 9.30. The zero-order valence-corrected chi connectivity index (χ0v) is 21.7. The minimum absolute atomic E-state index is 0.00108. The molecular weight excluding hydrogens is 511 g/mol. The summed E-state index contributed by atoms with van der Waals surface area (Å²) in [6.45, 7) is 1.39. The van der Waals surface area contributed by atoms with Crippen LogP contribution in [0.3, 0.4) is 0 Å². The molecule has 0 amide bonds. The number of halogens is 3. The van der Waals surface area contributed by atoms with Gasteiger partial charge in [0, 0.05) is 38.2 Å². The van der Waals surface area contributed by atoms with Gasteiger partial charge in [0.1, 0.15) is 5.75 Å². The molecule has 1 aliphatic heterocycles. The van der Waals surface area contributed by atoms with E-state index in [0.29, 0.717) is 25.4 Å². The van der Waals surface area contributed by atoms with Crippen LogP contribution in [0.2, 0.25) is 0 Å². The third kappa shape index (κ3) is 8.05. The molecule has 3 aromatic rings. The molecule has 0 spiro atoms. The summed E-state index contributed by atoms with van der Waals surface area (Å²) in [5.74, 6) is -1.68. The fraction of sp³-hybridized carbons (Fsp3) is 0.367. The van der Waals surface area contributed by atoms with Crippen molar-refractivity contribution < 1.29 is 37.0 Å². The molecule has 0 unspecified atom stereocenters. The summed E-state index contributed by atoms with van der Waals surface area (Å²) in [4.78, 5) is 16.2. The fourth-order valence-electron chi connectivity index (χ4n) is 4.62. The number of carbonyl (C=O) groups excluding carboxylic acids is 1. The summed E-state index contributed by atoms with van der Waals surface area (Å²) < 4.78 is 55.9. The number of methoxy groups -OCH3 is 1. The van der Waals surface area contributed by atoms with Crippen molar-refractivity contribution in [2.24, 2.45) is 0 Å². The Morgan fingerprint density at radius 3 is 2.46 bits per heavy atom. The molecule has 1 heterocycles. The van der Waals surface area contributed by atoms with Gasteiger partial charge in [0.15, 0.2) is 0 Å². The average Bonchev–Trinajstić information content (AvgIpc) is 2.95. The monoisotopic (exact) mass is 543 g/mol. The Balaban J connectivity index is 1.53. The molecule has 208 valence electrons. The minimum atomic E-state index is -5.07. The zero-order valence-electron chi connectivity index (χ0n) is 21.7. The average molecular weight is 544 g/mol. The summed E-state index contributed by atoms with van der Waals surface area (Å²) in [5, 5.41) is 1.05. The standard InChI is InChI=1S/C30H32F3NO5/c1-36-17-8-18-37-27-14-6-5-11-25(27)21-38-28-20-34(39-29(35)30(31,32)33)16-15-26(28)24-13-7-12-23(19-24)22-9-3-2-4-10-22/h2-7,9-14,19,26,28H,8,15-18,20-21H2,1H3/t26-,28+/m1/s1. The first-order valence-corrected chi connectivity index (χ1v) is 12.9. The number of carbonyl (C=O) groups is 1. The summed E-state index contributed by atoms with van der Waals surface area (Å²) >= 11 is 0. The van der Waals surface area contributed by atoms with Crippen molar-refractivity contribution in [1.29, 1.82) is 0 Å². The van der Waals surface area contributed by atoms with Crippen molar-refractivity contribution in [3.63, 3.8) is 0 Å². The normalized spacial score (nSPS) is 18.1. The minimum Gasteiger partial charge on any atom is -0.493 e. The number of hydroxylamine groups is 2. The molecule has 2 atom stereocenters. The molecule has 0 aromatic heterocycles. The van der Waals surface area contributed by atoms with Crippen molar-refractivity contribution >= 4 is 5.97 Å². The second kappa shape index (κ2) is 13.6. The summed E-state index contributed by atoms with van der Waals surface area (Å²) in [6.07, 6.45) is -4.43. The Hall–Kier alpha value is -3.40. The van der Waals surface area contributed by atoms with E-state index in [9.17, 15) is 18.0 Å². The predicted molar refractivity (Wildman–Crippen MR) is 140 cm³/mol. The third-order valence-electron chi connectivity index (χ3n) is 6.56. The largest absolute Gasteiger partial charge is 0.493 e. The number of hydrogen-bond acceptors (Lipinski definition) is 6. The maximum atomic E-state index is 12.9. The molecule has 6 nitrogen and oxygen atoms in total.